The van der Waals surface area contributed by atoms with Crippen molar-refractivity contribution < 1.29 is 14.1 Å². The van der Waals surface area contributed by atoms with Gasteiger partial charge in [-0.05, 0) is 30.2 Å². The summed E-state index contributed by atoms with van der Waals surface area (Å²) >= 11 is 6.26. The Bertz CT molecular complexity index is 747. The standard InChI is InChI=1S/C20H23ClFN3O/c21-17-6-2-4-8-19(17)25-13-11-24(12-14-25)15-20(26)23-10-9-16-5-1-3-7-18(16)22/h1-8H,9-15H2,(H,23,26)/p+1. The summed E-state index contributed by atoms with van der Waals surface area (Å²) in [6.45, 7) is 4.45. The van der Waals surface area contributed by atoms with Crippen molar-refractivity contribution in [3.05, 3.63) is 64.9 Å². The van der Waals surface area contributed by atoms with E-state index in [-0.39, 0.29) is 11.7 Å². The second-order valence-electron chi connectivity index (χ2n) is 6.56. The molecular weight excluding hydrogens is 353 g/mol. The molecule has 4 nitrogen and oxygen atoms in total. The second kappa shape index (κ2) is 9.01. The number of piperazine rings is 1. The van der Waals surface area contributed by atoms with Gasteiger partial charge in [-0.2, -0.15) is 0 Å². The van der Waals surface area contributed by atoms with Gasteiger partial charge in [0.2, 0.25) is 0 Å². The molecule has 1 amide bonds. The van der Waals surface area contributed by atoms with Gasteiger partial charge in [0.15, 0.2) is 6.54 Å². The van der Waals surface area contributed by atoms with Crippen molar-refractivity contribution in [3.8, 4) is 0 Å². The second-order valence-corrected chi connectivity index (χ2v) is 6.96. The zero-order valence-corrected chi connectivity index (χ0v) is 15.4. The molecule has 0 atom stereocenters. The number of halogens is 2. The first-order valence-corrected chi connectivity index (χ1v) is 9.34. The summed E-state index contributed by atoms with van der Waals surface area (Å²) in [5.41, 5.74) is 1.69. The highest BCUT2D eigenvalue weighted by Crippen LogP contribution is 2.24. The Kier molecular flexibility index (Phi) is 6.47. The topological polar surface area (TPSA) is 36.8 Å². The fourth-order valence-electron chi connectivity index (χ4n) is 3.28. The Balaban J connectivity index is 1.39. The lowest BCUT2D eigenvalue weighted by atomic mass is 10.1. The molecule has 26 heavy (non-hydrogen) atoms. The number of carbonyl (C=O) groups excluding carboxylic acids is 1. The molecule has 0 aliphatic carbocycles. The van der Waals surface area contributed by atoms with Crippen molar-refractivity contribution in [2.45, 2.75) is 6.42 Å². The van der Waals surface area contributed by atoms with Crippen LogP contribution in [0.15, 0.2) is 48.5 Å². The smallest absolute Gasteiger partial charge is 0.275 e. The number of anilines is 1. The fourth-order valence-corrected chi connectivity index (χ4v) is 3.53. The van der Waals surface area contributed by atoms with E-state index in [4.69, 9.17) is 11.6 Å². The number of carbonyl (C=O) groups is 1. The summed E-state index contributed by atoms with van der Waals surface area (Å²) in [7, 11) is 0. The predicted molar refractivity (Wildman–Crippen MR) is 102 cm³/mol. The van der Waals surface area contributed by atoms with E-state index in [0.717, 1.165) is 36.9 Å². The summed E-state index contributed by atoms with van der Waals surface area (Å²) in [6, 6.07) is 14.5. The van der Waals surface area contributed by atoms with Gasteiger partial charge in [0.25, 0.3) is 5.91 Å². The molecule has 6 heteroatoms. The molecule has 1 heterocycles. The van der Waals surface area contributed by atoms with Crippen molar-refractivity contribution in [2.24, 2.45) is 0 Å². The number of rotatable bonds is 6. The SMILES string of the molecule is O=C(C[NH+]1CCN(c2ccccc2Cl)CC1)NCCc1ccccc1F. The normalized spacial score (nSPS) is 15.1. The largest absolute Gasteiger partial charge is 0.359 e. The number of nitrogens with one attached hydrogen (secondary N) is 2. The summed E-state index contributed by atoms with van der Waals surface area (Å²) < 4.78 is 13.6. The molecular formula is C20H24ClFN3O+. The van der Waals surface area contributed by atoms with Gasteiger partial charge in [0, 0.05) is 6.54 Å². The van der Waals surface area contributed by atoms with Gasteiger partial charge in [0.05, 0.1) is 36.9 Å². The van der Waals surface area contributed by atoms with E-state index in [1.807, 2.05) is 30.3 Å². The van der Waals surface area contributed by atoms with Gasteiger partial charge >= 0.3 is 0 Å². The first kappa shape index (κ1) is 18.7. The zero-order valence-electron chi connectivity index (χ0n) is 14.7. The average Bonchev–Trinajstić information content (AvgIpc) is 2.64. The van der Waals surface area contributed by atoms with E-state index in [2.05, 4.69) is 10.2 Å². The fraction of sp³-hybridized carbons (Fsp3) is 0.350. The van der Waals surface area contributed by atoms with E-state index >= 15 is 0 Å². The highest BCUT2D eigenvalue weighted by atomic mass is 35.5. The molecule has 2 N–H and O–H groups in total. The molecule has 0 unspecified atom stereocenters. The molecule has 0 aromatic heterocycles. The minimum atomic E-state index is -0.219. The quantitative estimate of drug-likeness (QED) is 0.802. The van der Waals surface area contributed by atoms with Crippen LogP contribution in [0.2, 0.25) is 5.02 Å². The highest BCUT2D eigenvalue weighted by molar-refractivity contribution is 6.33. The predicted octanol–water partition coefficient (Wildman–Crippen LogP) is 1.54. The molecule has 2 aromatic rings. The highest BCUT2D eigenvalue weighted by Gasteiger charge is 2.23. The van der Waals surface area contributed by atoms with Gasteiger partial charge < -0.3 is 15.1 Å². The molecule has 138 valence electrons. The Morgan fingerprint density at radius 3 is 2.54 bits per heavy atom. The molecule has 1 fully saturated rings. The van der Waals surface area contributed by atoms with Crippen LogP contribution in [-0.2, 0) is 11.2 Å². The molecule has 3 rings (SSSR count). The van der Waals surface area contributed by atoms with E-state index in [9.17, 15) is 9.18 Å². The van der Waals surface area contributed by atoms with E-state index in [1.165, 1.54) is 11.0 Å². The van der Waals surface area contributed by atoms with Gasteiger partial charge in [0.1, 0.15) is 5.82 Å². The Morgan fingerprint density at radius 1 is 1.12 bits per heavy atom. The first-order chi connectivity index (χ1) is 12.6. The summed E-state index contributed by atoms with van der Waals surface area (Å²) in [5, 5.41) is 3.66. The van der Waals surface area contributed by atoms with E-state index in [1.54, 1.807) is 12.1 Å². The molecule has 0 radical (unpaired) electrons. The molecule has 0 saturated carbocycles. The summed E-state index contributed by atoms with van der Waals surface area (Å²) in [6.07, 6.45) is 0.508. The minimum Gasteiger partial charge on any atom is -0.359 e. The third-order valence-electron chi connectivity index (χ3n) is 4.75. The number of hydrogen-bond donors (Lipinski definition) is 2. The molecule has 0 spiro atoms. The summed E-state index contributed by atoms with van der Waals surface area (Å²) in [4.78, 5) is 15.7. The Morgan fingerprint density at radius 2 is 1.81 bits per heavy atom. The lowest BCUT2D eigenvalue weighted by molar-refractivity contribution is -0.892. The zero-order chi connectivity index (χ0) is 18.4. The van der Waals surface area contributed by atoms with Crippen LogP contribution in [-0.4, -0.2) is 45.2 Å². The van der Waals surface area contributed by atoms with Crippen LogP contribution in [0.25, 0.3) is 0 Å². The van der Waals surface area contributed by atoms with Gasteiger partial charge in [-0.15, -0.1) is 0 Å². The molecule has 1 aliphatic rings. The average molecular weight is 377 g/mol. The van der Waals surface area contributed by atoms with Gasteiger partial charge in [-0.3, -0.25) is 4.79 Å². The monoisotopic (exact) mass is 376 g/mol. The van der Waals surface area contributed by atoms with Crippen LogP contribution >= 0.6 is 11.6 Å². The van der Waals surface area contributed by atoms with Crippen molar-refractivity contribution in [3.63, 3.8) is 0 Å². The lowest BCUT2D eigenvalue weighted by Gasteiger charge is -2.33. The van der Waals surface area contributed by atoms with Crippen LogP contribution in [0, 0.1) is 5.82 Å². The van der Waals surface area contributed by atoms with Crippen LogP contribution < -0.4 is 15.1 Å². The van der Waals surface area contributed by atoms with Crippen LogP contribution in [0.1, 0.15) is 5.56 Å². The Labute approximate surface area is 158 Å². The molecule has 2 aromatic carbocycles. The third kappa shape index (κ3) is 4.96. The number of hydrogen-bond acceptors (Lipinski definition) is 2. The maximum Gasteiger partial charge on any atom is 0.275 e. The minimum absolute atomic E-state index is 0.0162. The third-order valence-corrected chi connectivity index (χ3v) is 5.07. The number of nitrogens with zero attached hydrogens (tertiary/aromatic N) is 1. The molecule has 0 bridgehead atoms. The lowest BCUT2D eigenvalue weighted by Crippen LogP contribution is -3.16. The summed E-state index contributed by atoms with van der Waals surface area (Å²) in [5.74, 6) is -0.203. The number of quaternary nitrogens is 1. The maximum atomic E-state index is 13.6. The maximum absolute atomic E-state index is 13.6. The number of para-hydroxylation sites is 1. The van der Waals surface area contributed by atoms with Crippen molar-refractivity contribution >= 4 is 23.2 Å². The van der Waals surface area contributed by atoms with Gasteiger partial charge in [-0.25, -0.2) is 4.39 Å². The van der Waals surface area contributed by atoms with Crippen LogP contribution in [0.4, 0.5) is 10.1 Å². The molecule has 1 saturated heterocycles. The van der Waals surface area contributed by atoms with Crippen molar-refractivity contribution in [1.29, 1.82) is 0 Å². The number of amides is 1. The van der Waals surface area contributed by atoms with Crippen molar-refractivity contribution in [2.75, 3.05) is 44.2 Å². The number of benzene rings is 2. The first-order valence-electron chi connectivity index (χ1n) is 8.96. The Hall–Kier alpha value is -2.11. The van der Waals surface area contributed by atoms with Crippen LogP contribution in [0.5, 0.6) is 0 Å². The molecule has 1 aliphatic heterocycles. The van der Waals surface area contributed by atoms with Crippen molar-refractivity contribution in [1.82, 2.24) is 5.32 Å². The van der Waals surface area contributed by atoms with E-state index in [0.29, 0.717) is 25.1 Å². The van der Waals surface area contributed by atoms with Crippen LogP contribution in [0.3, 0.4) is 0 Å². The van der Waals surface area contributed by atoms with E-state index < -0.39 is 0 Å². The van der Waals surface area contributed by atoms with Gasteiger partial charge in [-0.1, -0.05) is 41.9 Å².